The number of ether oxygens (including phenoxy) is 1. The SMILES string of the molecule is N#Cc1ccc(Nc2nc(Oc3ccnc4ccc(Br)cc34)nc(N3CCN(c4ccccn4)CC3)n2)cc1. The van der Waals surface area contributed by atoms with Crippen molar-refractivity contribution < 1.29 is 4.74 Å². The zero-order valence-corrected chi connectivity index (χ0v) is 22.3. The topological polar surface area (TPSA) is 116 Å². The lowest BCUT2D eigenvalue weighted by molar-refractivity contribution is 0.444. The zero-order valence-electron chi connectivity index (χ0n) is 20.7. The van der Waals surface area contributed by atoms with Gasteiger partial charge in [0.1, 0.15) is 11.6 Å². The third-order valence-electron chi connectivity index (χ3n) is 6.27. The molecule has 11 heteroatoms. The summed E-state index contributed by atoms with van der Waals surface area (Å²) in [5, 5.41) is 13.2. The number of rotatable bonds is 6. The number of anilines is 4. The highest BCUT2D eigenvalue weighted by atomic mass is 79.9. The van der Waals surface area contributed by atoms with Gasteiger partial charge in [0.05, 0.1) is 17.1 Å². The van der Waals surface area contributed by atoms with Gasteiger partial charge in [-0.3, -0.25) is 4.98 Å². The molecule has 0 aliphatic carbocycles. The number of benzene rings is 2. The molecule has 0 bridgehead atoms. The van der Waals surface area contributed by atoms with E-state index in [1.807, 2.05) is 48.5 Å². The minimum atomic E-state index is 0.163. The van der Waals surface area contributed by atoms with Crippen molar-refractivity contribution in [3.05, 3.63) is 89.2 Å². The molecule has 1 aliphatic heterocycles. The van der Waals surface area contributed by atoms with Crippen LogP contribution in [0.3, 0.4) is 0 Å². The van der Waals surface area contributed by atoms with E-state index in [9.17, 15) is 0 Å². The number of aromatic nitrogens is 5. The van der Waals surface area contributed by atoms with Gasteiger partial charge in [-0.2, -0.15) is 20.2 Å². The summed E-state index contributed by atoms with van der Waals surface area (Å²) in [4.78, 5) is 27.2. The fraction of sp³-hybridized carbons (Fsp3) is 0.143. The highest BCUT2D eigenvalue weighted by Crippen LogP contribution is 2.31. The summed E-state index contributed by atoms with van der Waals surface area (Å²) in [6, 6.07) is 22.9. The molecule has 2 aromatic carbocycles. The van der Waals surface area contributed by atoms with Gasteiger partial charge in [0.15, 0.2) is 0 Å². The number of hydrogen-bond acceptors (Lipinski definition) is 10. The highest BCUT2D eigenvalue weighted by molar-refractivity contribution is 9.10. The predicted octanol–water partition coefficient (Wildman–Crippen LogP) is 5.31. The van der Waals surface area contributed by atoms with Gasteiger partial charge in [-0.05, 0) is 60.7 Å². The van der Waals surface area contributed by atoms with Crippen LogP contribution in [0, 0.1) is 11.3 Å². The summed E-state index contributed by atoms with van der Waals surface area (Å²) >= 11 is 3.53. The first kappa shape index (κ1) is 24.5. The molecule has 39 heavy (non-hydrogen) atoms. The van der Waals surface area contributed by atoms with Crippen molar-refractivity contribution in [2.24, 2.45) is 0 Å². The highest BCUT2D eigenvalue weighted by Gasteiger charge is 2.22. The Morgan fingerprint density at radius 1 is 0.846 bits per heavy atom. The lowest BCUT2D eigenvalue weighted by Crippen LogP contribution is -2.47. The fourth-order valence-electron chi connectivity index (χ4n) is 4.30. The zero-order chi connectivity index (χ0) is 26.6. The van der Waals surface area contributed by atoms with Crippen molar-refractivity contribution >= 4 is 50.2 Å². The van der Waals surface area contributed by atoms with E-state index in [1.165, 1.54) is 0 Å². The summed E-state index contributed by atoms with van der Waals surface area (Å²) in [5.74, 6) is 2.39. The number of halogens is 1. The molecule has 0 spiro atoms. The summed E-state index contributed by atoms with van der Waals surface area (Å²) < 4.78 is 7.15. The molecular formula is C28H22BrN9O. The van der Waals surface area contributed by atoms with E-state index in [4.69, 9.17) is 15.0 Å². The molecule has 192 valence electrons. The fourth-order valence-corrected chi connectivity index (χ4v) is 4.66. The maximum absolute atomic E-state index is 9.12. The van der Waals surface area contributed by atoms with E-state index in [1.54, 1.807) is 30.6 Å². The maximum atomic E-state index is 9.12. The van der Waals surface area contributed by atoms with Crippen LogP contribution in [0.1, 0.15) is 5.56 Å². The number of nitriles is 1. The molecule has 1 fully saturated rings. The van der Waals surface area contributed by atoms with Crippen LogP contribution >= 0.6 is 15.9 Å². The molecule has 0 atom stereocenters. The van der Waals surface area contributed by atoms with Crippen molar-refractivity contribution in [1.82, 2.24) is 24.9 Å². The van der Waals surface area contributed by atoms with Gasteiger partial charge in [-0.25, -0.2) is 4.98 Å². The first-order chi connectivity index (χ1) is 19.1. The Morgan fingerprint density at radius 2 is 1.67 bits per heavy atom. The standard InChI is InChI=1S/C28H22BrN9O/c29-20-6-9-23-22(17-20)24(10-12-31-23)39-28-35-26(33-21-7-4-19(18-30)5-8-21)34-27(36-28)38-15-13-37(14-16-38)25-3-1-2-11-32-25/h1-12,17H,13-16H2,(H,33,34,35,36). The third-order valence-corrected chi connectivity index (χ3v) is 6.77. The Balaban J connectivity index is 1.31. The smallest absolute Gasteiger partial charge is 0.328 e. The molecule has 10 nitrogen and oxygen atoms in total. The van der Waals surface area contributed by atoms with Crippen LogP contribution in [0.15, 0.2) is 83.6 Å². The lowest BCUT2D eigenvalue weighted by atomic mass is 10.2. The summed E-state index contributed by atoms with van der Waals surface area (Å²) in [6.07, 6.45) is 3.50. The number of nitrogens with zero attached hydrogens (tertiary/aromatic N) is 8. The van der Waals surface area contributed by atoms with Crippen molar-refractivity contribution in [1.29, 1.82) is 5.26 Å². The molecule has 0 radical (unpaired) electrons. The van der Waals surface area contributed by atoms with E-state index in [-0.39, 0.29) is 6.01 Å². The molecule has 3 aromatic heterocycles. The summed E-state index contributed by atoms with van der Waals surface area (Å²) in [6.45, 7) is 2.98. The van der Waals surface area contributed by atoms with Crippen LogP contribution in [-0.2, 0) is 0 Å². The Morgan fingerprint density at radius 3 is 2.44 bits per heavy atom. The lowest BCUT2D eigenvalue weighted by Gasteiger charge is -2.35. The first-order valence-electron chi connectivity index (χ1n) is 12.3. The maximum Gasteiger partial charge on any atom is 0.328 e. The molecule has 0 saturated carbocycles. The van der Waals surface area contributed by atoms with Crippen LogP contribution < -0.4 is 19.9 Å². The van der Waals surface area contributed by atoms with Crippen molar-refractivity contribution in [2.75, 3.05) is 41.3 Å². The summed E-state index contributed by atoms with van der Waals surface area (Å²) in [5.41, 5.74) is 2.12. The van der Waals surface area contributed by atoms with Crippen LogP contribution in [0.5, 0.6) is 11.8 Å². The molecular weight excluding hydrogens is 558 g/mol. The minimum absolute atomic E-state index is 0.163. The number of pyridine rings is 2. The van der Waals surface area contributed by atoms with E-state index < -0.39 is 0 Å². The van der Waals surface area contributed by atoms with Gasteiger partial charge in [0.2, 0.25) is 11.9 Å². The average molecular weight is 580 g/mol. The second-order valence-electron chi connectivity index (χ2n) is 8.79. The molecule has 0 unspecified atom stereocenters. The number of hydrogen-bond donors (Lipinski definition) is 1. The van der Waals surface area contributed by atoms with Crippen molar-refractivity contribution in [3.63, 3.8) is 0 Å². The first-order valence-corrected chi connectivity index (χ1v) is 13.1. The molecule has 1 saturated heterocycles. The van der Waals surface area contributed by atoms with Crippen LogP contribution in [0.25, 0.3) is 10.9 Å². The molecule has 6 rings (SSSR count). The quantitative estimate of drug-likeness (QED) is 0.283. The molecule has 5 aromatic rings. The minimum Gasteiger partial charge on any atom is -0.423 e. The Bertz CT molecular complexity index is 1650. The molecule has 4 heterocycles. The molecule has 1 N–H and O–H groups in total. The average Bonchev–Trinajstić information content (AvgIpc) is 2.98. The molecule has 0 amide bonds. The van der Waals surface area contributed by atoms with Gasteiger partial charge in [0, 0.05) is 54.1 Å². The predicted molar refractivity (Wildman–Crippen MR) is 152 cm³/mol. The van der Waals surface area contributed by atoms with E-state index in [2.05, 4.69) is 57.1 Å². The second kappa shape index (κ2) is 10.9. The van der Waals surface area contributed by atoms with Gasteiger partial charge < -0.3 is 19.9 Å². The van der Waals surface area contributed by atoms with Crippen LogP contribution in [-0.4, -0.2) is 51.1 Å². The van der Waals surface area contributed by atoms with Gasteiger partial charge in [-0.1, -0.05) is 22.0 Å². The van der Waals surface area contributed by atoms with E-state index in [0.717, 1.165) is 40.0 Å². The van der Waals surface area contributed by atoms with Gasteiger partial charge in [-0.15, -0.1) is 0 Å². The van der Waals surface area contributed by atoms with E-state index >= 15 is 0 Å². The Kier molecular flexibility index (Phi) is 6.84. The molecule has 1 aliphatic rings. The number of piperazine rings is 1. The number of fused-ring (bicyclic) bond motifs is 1. The summed E-state index contributed by atoms with van der Waals surface area (Å²) in [7, 11) is 0. The Labute approximate surface area is 233 Å². The van der Waals surface area contributed by atoms with Gasteiger partial charge in [0.25, 0.3) is 0 Å². The van der Waals surface area contributed by atoms with Crippen LogP contribution in [0.4, 0.5) is 23.4 Å². The number of nitrogens with one attached hydrogen (secondary N) is 1. The van der Waals surface area contributed by atoms with Crippen molar-refractivity contribution in [3.8, 4) is 17.8 Å². The largest absolute Gasteiger partial charge is 0.423 e. The normalized spacial score (nSPS) is 13.2. The van der Waals surface area contributed by atoms with Gasteiger partial charge >= 0.3 is 6.01 Å². The van der Waals surface area contributed by atoms with Crippen molar-refractivity contribution in [2.45, 2.75) is 0 Å². The van der Waals surface area contributed by atoms with E-state index in [0.29, 0.717) is 36.3 Å². The second-order valence-corrected chi connectivity index (χ2v) is 9.71. The van der Waals surface area contributed by atoms with Crippen LogP contribution in [0.2, 0.25) is 0 Å². The monoisotopic (exact) mass is 579 g/mol. The Hall–Kier alpha value is -4.82. The third kappa shape index (κ3) is 5.56.